The van der Waals surface area contributed by atoms with Crippen LogP contribution < -0.4 is 10.7 Å². The fraction of sp³-hybridized carbons (Fsp3) is 0.167. The van der Waals surface area contributed by atoms with E-state index < -0.39 is 11.9 Å². The Hall–Kier alpha value is -2.41. The first-order chi connectivity index (χ1) is 9.47. The molecule has 0 fully saturated rings. The number of hydrogen-bond donors (Lipinski definition) is 3. The average Bonchev–Trinajstić information content (AvgIpc) is 2.41. The number of halogens is 1. The lowest BCUT2D eigenvalue weighted by molar-refractivity contribution is -0.121. The maximum atomic E-state index is 11.9. The molecule has 1 heterocycles. The molecule has 0 aliphatic carbocycles. The van der Waals surface area contributed by atoms with Crippen molar-refractivity contribution < 1.29 is 19.5 Å². The predicted molar refractivity (Wildman–Crippen MR) is 71.9 cm³/mol. The van der Waals surface area contributed by atoms with Crippen LogP contribution in [0.25, 0.3) is 0 Å². The fourth-order valence-corrected chi connectivity index (χ4v) is 1.81. The summed E-state index contributed by atoms with van der Waals surface area (Å²) >= 11 is 5.71. The van der Waals surface area contributed by atoms with Crippen LogP contribution in [0.1, 0.15) is 23.2 Å². The summed E-state index contributed by atoms with van der Waals surface area (Å²) in [6, 6.07) is 4.10. The third kappa shape index (κ3) is 3.12. The molecule has 104 valence electrons. The number of aromatic carboxylic acids is 1. The van der Waals surface area contributed by atoms with Crippen LogP contribution in [0.3, 0.4) is 0 Å². The standard InChI is InChI=1S/C12H10ClN3O4/c13-6-1-2-8(7(5-6)12(19)20)14-11(18)9-3-4-10(17)16-15-9/h1-2,5H,3-4H2,(H,14,18)(H,16,17)(H,19,20). The van der Waals surface area contributed by atoms with Crippen LogP contribution >= 0.6 is 11.6 Å². The van der Waals surface area contributed by atoms with Crippen LogP contribution in [0, 0.1) is 0 Å². The Morgan fingerprint density at radius 2 is 2.10 bits per heavy atom. The van der Waals surface area contributed by atoms with Crippen LogP contribution in [0.5, 0.6) is 0 Å². The third-order valence-electron chi connectivity index (χ3n) is 2.63. The van der Waals surface area contributed by atoms with Crippen LogP contribution in [0.2, 0.25) is 5.02 Å². The predicted octanol–water partition coefficient (Wildman–Crippen LogP) is 1.24. The number of amides is 2. The highest BCUT2D eigenvalue weighted by Gasteiger charge is 2.20. The zero-order valence-electron chi connectivity index (χ0n) is 10.1. The Morgan fingerprint density at radius 3 is 2.70 bits per heavy atom. The highest BCUT2D eigenvalue weighted by molar-refractivity contribution is 6.44. The van der Waals surface area contributed by atoms with Crippen LogP contribution in [0.15, 0.2) is 23.3 Å². The topological polar surface area (TPSA) is 108 Å². The third-order valence-corrected chi connectivity index (χ3v) is 2.86. The molecule has 20 heavy (non-hydrogen) atoms. The minimum Gasteiger partial charge on any atom is -0.478 e. The lowest BCUT2D eigenvalue weighted by Crippen LogP contribution is -2.33. The van der Waals surface area contributed by atoms with Gasteiger partial charge in [-0.05, 0) is 18.2 Å². The molecular weight excluding hydrogens is 286 g/mol. The normalized spacial score (nSPS) is 14.2. The van der Waals surface area contributed by atoms with Crippen molar-refractivity contribution >= 4 is 40.8 Å². The first-order valence-electron chi connectivity index (χ1n) is 5.67. The van der Waals surface area contributed by atoms with Crippen molar-refractivity contribution in [2.75, 3.05) is 5.32 Å². The Kier molecular flexibility index (Phi) is 3.99. The molecule has 0 bridgehead atoms. The minimum atomic E-state index is -1.21. The van der Waals surface area contributed by atoms with Gasteiger partial charge in [0.25, 0.3) is 5.91 Å². The van der Waals surface area contributed by atoms with Gasteiger partial charge in [-0.2, -0.15) is 5.10 Å². The molecule has 0 spiro atoms. The van der Waals surface area contributed by atoms with Gasteiger partial charge in [0.15, 0.2) is 0 Å². The number of hydrogen-bond acceptors (Lipinski definition) is 4. The molecule has 0 atom stereocenters. The largest absolute Gasteiger partial charge is 0.478 e. The minimum absolute atomic E-state index is 0.117. The number of carbonyl (C=O) groups excluding carboxylic acids is 2. The van der Waals surface area contributed by atoms with E-state index in [9.17, 15) is 14.4 Å². The number of rotatable bonds is 3. The summed E-state index contributed by atoms with van der Waals surface area (Å²) in [4.78, 5) is 33.9. The summed E-state index contributed by atoms with van der Waals surface area (Å²) < 4.78 is 0. The Morgan fingerprint density at radius 1 is 1.35 bits per heavy atom. The van der Waals surface area contributed by atoms with E-state index in [4.69, 9.17) is 16.7 Å². The van der Waals surface area contributed by atoms with Gasteiger partial charge in [0.2, 0.25) is 5.91 Å². The van der Waals surface area contributed by atoms with Crippen LogP contribution in [-0.2, 0) is 9.59 Å². The maximum Gasteiger partial charge on any atom is 0.337 e. The van der Waals surface area contributed by atoms with Gasteiger partial charge in [0.1, 0.15) is 5.71 Å². The molecule has 7 nitrogen and oxygen atoms in total. The monoisotopic (exact) mass is 295 g/mol. The van der Waals surface area contributed by atoms with E-state index in [0.29, 0.717) is 0 Å². The number of hydrazone groups is 1. The Bertz CT molecular complexity index is 627. The van der Waals surface area contributed by atoms with E-state index in [-0.39, 0.29) is 40.7 Å². The number of nitrogens with one attached hydrogen (secondary N) is 2. The van der Waals surface area contributed by atoms with Crippen molar-refractivity contribution in [1.29, 1.82) is 0 Å². The zero-order chi connectivity index (χ0) is 14.7. The van der Waals surface area contributed by atoms with Gasteiger partial charge < -0.3 is 10.4 Å². The second-order valence-electron chi connectivity index (χ2n) is 4.04. The second kappa shape index (κ2) is 5.70. The maximum absolute atomic E-state index is 11.9. The molecular formula is C12H10ClN3O4. The molecule has 1 aliphatic heterocycles. The van der Waals surface area contributed by atoms with E-state index in [1.165, 1.54) is 18.2 Å². The highest BCUT2D eigenvalue weighted by atomic mass is 35.5. The summed E-state index contributed by atoms with van der Waals surface area (Å²) in [6.45, 7) is 0. The average molecular weight is 296 g/mol. The molecule has 0 unspecified atom stereocenters. The molecule has 1 aromatic rings. The van der Waals surface area contributed by atoms with Crippen LogP contribution in [0.4, 0.5) is 5.69 Å². The quantitative estimate of drug-likeness (QED) is 0.779. The summed E-state index contributed by atoms with van der Waals surface area (Å²) in [5.41, 5.74) is 2.33. The SMILES string of the molecule is O=C1CCC(C(=O)Nc2ccc(Cl)cc2C(=O)O)=NN1. The molecule has 1 aromatic carbocycles. The molecule has 2 rings (SSSR count). The summed E-state index contributed by atoms with van der Waals surface area (Å²) in [5.74, 6) is -2.03. The smallest absolute Gasteiger partial charge is 0.337 e. The van der Waals surface area contributed by atoms with Gasteiger partial charge >= 0.3 is 5.97 Å². The van der Waals surface area contributed by atoms with Gasteiger partial charge in [-0.15, -0.1) is 0 Å². The lowest BCUT2D eigenvalue weighted by atomic mass is 10.1. The van der Waals surface area contributed by atoms with Crippen molar-refractivity contribution in [3.8, 4) is 0 Å². The Balaban J connectivity index is 2.20. The lowest BCUT2D eigenvalue weighted by Gasteiger charge is -2.13. The van der Waals surface area contributed by atoms with Gasteiger partial charge in [-0.3, -0.25) is 9.59 Å². The number of anilines is 1. The van der Waals surface area contributed by atoms with E-state index in [1.807, 2.05) is 0 Å². The van der Waals surface area contributed by atoms with Gasteiger partial charge in [-0.25, -0.2) is 10.2 Å². The zero-order valence-corrected chi connectivity index (χ0v) is 10.9. The van der Waals surface area contributed by atoms with Crippen molar-refractivity contribution in [2.45, 2.75) is 12.8 Å². The fourth-order valence-electron chi connectivity index (χ4n) is 1.63. The van der Waals surface area contributed by atoms with Gasteiger partial charge in [-0.1, -0.05) is 11.6 Å². The first-order valence-corrected chi connectivity index (χ1v) is 6.05. The molecule has 0 saturated heterocycles. The molecule has 3 N–H and O–H groups in total. The first kappa shape index (κ1) is 14.0. The summed E-state index contributed by atoms with van der Waals surface area (Å²) in [7, 11) is 0. The molecule has 0 aromatic heterocycles. The second-order valence-corrected chi connectivity index (χ2v) is 4.48. The molecule has 1 aliphatic rings. The van der Waals surface area contributed by atoms with Crippen molar-refractivity contribution in [2.24, 2.45) is 5.10 Å². The van der Waals surface area contributed by atoms with Crippen LogP contribution in [-0.4, -0.2) is 28.6 Å². The number of carboxylic acids is 1. The molecule has 0 radical (unpaired) electrons. The van der Waals surface area contributed by atoms with Gasteiger partial charge in [0.05, 0.1) is 11.3 Å². The number of nitrogens with zero attached hydrogens (tertiary/aromatic N) is 1. The number of benzene rings is 1. The summed E-state index contributed by atoms with van der Waals surface area (Å²) in [6.07, 6.45) is 0.367. The van der Waals surface area contributed by atoms with E-state index >= 15 is 0 Å². The Labute approximate surface area is 118 Å². The molecule has 0 saturated carbocycles. The summed E-state index contributed by atoms with van der Waals surface area (Å²) in [5, 5.41) is 15.4. The van der Waals surface area contributed by atoms with E-state index in [0.717, 1.165) is 0 Å². The van der Waals surface area contributed by atoms with Gasteiger partial charge in [0, 0.05) is 17.9 Å². The van der Waals surface area contributed by atoms with Crippen molar-refractivity contribution in [1.82, 2.24) is 5.43 Å². The van der Waals surface area contributed by atoms with E-state index in [1.54, 1.807) is 0 Å². The van der Waals surface area contributed by atoms with Crippen molar-refractivity contribution in [3.63, 3.8) is 0 Å². The van der Waals surface area contributed by atoms with E-state index in [2.05, 4.69) is 15.8 Å². The highest BCUT2D eigenvalue weighted by Crippen LogP contribution is 2.21. The molecule has 8 heteroatoms. The number of carbonyl (C=O) groups is 3. The van der Waals surface area contributed by atoms with Crippen molar-refractivity contribution in [3.05, 3.63) is 28.8 Å². The molecule has 2 amide bonds. The number of carboxylic acid groups (broad SMARTS) is 1.